The third-order valence-electron chi connectivity index (χ3n) is 3.51. The van der Waals surface area contributed by atoms with Gasteiger partial charge in [-0.1, -0.05) is 13.8 Å². The molecule has 1 amide bonds. The second-order valence-corrected chi connectivity index (χ2v) is 6.02. The van der Waals surface area contributed by atoms with Crippen molar-refractivity contribution >= 4 is 23.2 Å². The predicted molar refractivity (Wildman–Crippen MR) is 74.6 cm³/mol. The largest absolute Gasteiger partial charge is 0.481 e. The van der Waals surface area contributed by atoms with Crippen LogP contribution in [0.25, 0.3) is 0 Å². The van der Waals surface area contributed by atoms with Crippen LogP contribution >= 0.6 is 11.3 Å². The maximum atomic E-state index is 12.0. The SMILES string of the molecule is CCC(CC)(CNC(=O)c1nc(C)sc1C)C(=O)O. The Morgan fingerprint density at radius 3 is 2.26 bits per heavy atom. The molecular weight excluding hydrogens is 264 g/mol. The lowest BCUT2D eigenvalue weighted by Gasteiger charge is -2.26. The van der Waals surface area contributed by atoms with Crippen molar-refractivity contribution < 1.29 is 14.7 Å². The van der Waals surface area contributed by atoms with Crippen molar-refractivity contribution in [2.45, 2.75) is 40.5 Å². The molecular formula is C13H20N2O3S. The molecule has 1 rings (SSSR count). The smallest absolute Gasteiger partial charge is 0.311 e. The molecule has 1 heterocycles. The number of rotatable bonds is 6. The van der Waals surface area contributed by atoms with E-state index in [1.807, 2.05) is 27.7 Å². The lowest BCUT2D eigenvalue weighted by atomic mass is 9.82. The number of carboxylic acids is 1. The summed E-state index contributed by atoms with van der Waals surface area (Å²) in [5, 5.41) is 12.8. The number of aromatic nitrogens is 1. The zero-order valence-electron chi connectivity index (χ0n) is 11.7. The molecule has 2 N–H and O–H groups in total. The van der Waals surface area contributed by atoms with Gasteiger partial charge < -0.3 is 10.4 Å². The Morgan fingerprint density at radius 2 is 1.89 bits per heavy atom. The van der Waals surface area contributed by atoms with Gasteiger partial charge in [-0.2, -0.15) is 0 Å². The van der Waals surface area contributed by atoms with Gasteiger partial charge in [0.05, 0.1) is 10.4 Å². The molecule has 19 heavy (non-hydrogen) atoms. The monoisotopic (exact) mass is 284 g/mol. The molecule has 1 aromatic rings. The van der Waals surface area contributed by atoms with E-state index in [4.69, 9.17) is 0 Å². The third-order valence-corrected chi connectivity index (χ3v) is 4.40. The van der Waals surface area contributed by atoms with Crippen LogP contribution in [0.5, 0.6) is 0 Å². The van der Waals surface area contributed by atoms with Crippen molar-refractivity contribution in [2.75, 3.05) is 6.54 Å². The normalized spacial score (nSPS) is 11.4. The molecule has 0 aliphatic carbocycles. The Kier molecular flexibility index (Phi) is 5.05. The Labute approximate surface area is 117 Å². The number of carbonyl (C=O) groups excluding carboxylic acids is 1. The van der Waals surface area contributed by atoms with E-state index in [9.17, 15) is 14.7 Å². The van der Waals surface area contributed by atoms with Gasteiger partial charge >= 0.3 is 5.97 Å². The van der Waals surface area contributed by atoms with Gasteiger partial charge in [-0.05, 0) is 26.7 Å². The summed E-state index contributed by atoms with van der Waals surface area (Å²) in [6.07, 6.45) is 0.961. The second-order valence-electron chi connectivity index (χ2n) is 4.61. The first-order valence-electron chi connectivity index (χ1n) is 6.32. The first-order valence-corrected chi connectivity index (χ1v) is 7.13. The van der Waals surface area contributed by atoms with E-state index in [1.54, 1.807) is 0 Å². The van der Waals surface area contributed by atoms with E-state index in [1.165, 1.54) is 11.3 Å². The Balaban J connectivity index is 2.78. The Morgan fingerprint density at radius 1 is 1.32 bits per heavy atom. The van der Waals surface area contributed by atoms with Crippen molar-refractivity contribution in [3.63, 3.8) is 0 Å². The quantitative estimate of drug-likeness (QED) is 0.840. The Hall–Kier alpha value is -1.43. The van der Waals surface area contributed by atoms with Gasteiger partial charge in [0, 0.05) is 11.4 Å². The minimum atomic E-state index is -0.894. The van der Waals surface area contributed by atoms with Crippen LogP contribution in [0.4, 0.5) is 0 Å². The van der Waals surface area contributed by atoms with E-state index < -0.39 is 11.4 Å². The second kappa shape index (κ2) is 6.14. The van der Waals surface area contributed by atoms with E-state index in [0.717, 1.165) is 9.88 Å². The summed E-state index contributed by atoms with van der Waals surface area (Å²) in [7, 11) is 0. The number of aryl methyl sites for hydroxylation is 2. The van der Waals surface area contributed by atoms with Crippen LogP contribution in [-0.2, 0) is 4.79 Å². The zero-order chi connectivity index (χ0) is 14.6. The molecule has 6 heteroatoms. The molecule has 0 atom stereocenters. The van der Waals surface area contributed by atoms with Crippen molar-refractivity contribution in [3.8, 4) is 0 Å². The van der Waals surface area contributed by atoms with Crippen LogP contribution in [-0.4, -0.2) is 28.5 Å². The molecule has 0 fully saturated rings. The maximum Gasteiger partial charge on any atom is 0.311 e. The number of aliphatic carboxylic acids is 1. The van der Waals surface area contributed by atoms with Crippen LogP contribution in [0, 0.1) is 19.3 Å². The van der Waals surface area contributed by atoms with Crippen LogP contribution < -0.4 is 5.32 Å². The van der Waals surface area contributed by atoms with Crippen LogP contribution in [0.3, 0.4) is 0 Å². The van der Waals surface area contributed by atoms with Gasteiger partial charge in [0.1, 0.15) is 5.69 Å². The molecule has 0 radical (unpaired) electrons. The molecule has 0 aromatic carbocycles. The number of hydrogen-bond donors (Lipinski definition) is 2. The predicted octanol–water partition coefficient (Wildman–Crippen LogP) is 2.38. The molecule has 0 unspecified atom stereocenters. The highest BCUT2D eigenvalue weighted by Crippen LogP contribution is 2.26. The van der Waals surface area contributed by atoms with Crippen LogP contribution in [0.15, 0.2) is 0 Å². The standard InChI is InChI=1S/C13H20N2O3S/c1-5-13(6-2,12(17)18)7-14-11(16)10-8(3)19-9(4)15-10/h5-7H2,1-4H3,(H,14,16)(H,17,18). The highest BCUT2D eigenvalue weighted by Gasteiger charge is 2.35. The number of carboxylic acid groups (broad SMARTS) is 1. The van der Waals surface area contributed by atoms with Gasteiger partial charge in [-0.3, -0.25) is 9.59 Å². The van der Waals surface area contributed by atoms with Gasteiger partial charge in [0.2, 0.25) is 0 Å². The van der Waals surface area contributed by atoms with Gasteiger partial charge in [-0.25, -0.2) is 4.98 Å². The van der Waals surface area contributed by atoms with E-state index in [2.05, 4.69) is 10.3 Å². The summed E-state index contributed by atoms with van der Waals surface area (Å²) >= 11 is 1.46. The molecule has 1 aromatic heterocycles. The fourth-order valence-corrected chi connectivity index (χ4v) is 2.77. The lowest BCUT2D eigenvalue weighted by Crippen LogP contribution is -2.42. The fourth-order valence-electron chi connectivity index (χ4n) is 1.95. The van der Waals surface area contributed by atoms with E-state index in [0.29, 0.717) is 18.5 Å². The van der Waals surface area contributed by atoms with Crippen molar-refractivity contribution in [2.24, 2.45) is 5.41 Å². The summed E-state index contributed by atoms with van der Waals surface area (Å²) in [6.45, 7) is 7.45. The minimum Gasteiger partial charge on any atom is -0.481 e. The number of carbonyl (C=O) groups is 2. The summed E-state index contributed by atoms with van der Waals surface area (Å²) in [4.78, 5) is 28.4. The van der Waals surface area contributed by atoms with Gasteiger partial charge in [0.15, 0.2) is 0 Å². The molecule has 0 saturated heterocycles. The van der Waals surface area contributed by atoms with Crippen molar-refractivity contribution in [1.82, 2.24) is 10.3 Å². The molecule has 5 nitrogen and oxygen atoms in total. The molecule has 0 spiro atoms. The topological polar surface area (TPSA) is 79.3 Å². The summed E-state index contributed by atoms with van der Waals surface area (Å²) in [6, 6.07) is 0. The van der Waals surface area contributed by atoms with Crippen molar-refractivity contribution in [1.29, 1.82) is 0 Å². The first-order chi connectivity index (χ1) is 8.86. The van der Waals surface area contributed by atoms with Crippen molar-refractivity contribution in [3.05, 3.63) is 15.6 Å². The number of amides is 1. The summed E-state index contributed by atoms with van der Waals surface area (Å²) in [5.41, 5.74) is -0.497. The number of nitrogens with zero attached hydrogens (tertiary/aromatic N) is 1. The molecule has 0 aliphatic heterocycles. The average Bonchev–Trinajstić information content (AvgIpc) is 2.69. The lowest BCUT2D eigenvalue weighted by molar-refractivity contribution is -0.149. The first kappa shape index (κ1) is 15.6. The van der Waals surface area contributed by atoms with Crippen LogP contribution in [0.2, 0.25) is 0 Å². The Bertz CT molecular complexity index is 478. The van der Waals surface area contributed by atoms with E-state index in [-0.39, 0.29) is 12.5 Å². The fraction of sp³-hybridized carbons (Fsp3) is 0.615. The minimum absolute atomic E-state index is 0.129. The average molecular weight is 284 g/mol. The number of thiazole rings is 1. The maximum absolute atomic E-state index is 12.0. The van der Waals surface area contributed by atoms with E-state index >= 15 is 0 Å². The molecule has 106 valence electrons. The highest BCUT2D eigenvalue weighted by atomic mass is 32.1. The van der Waals surface area contributed by atoms with Gasteiger partial charge in [0.25, 0.3) is 5.91 Å². The molecule has 0 bridgehead atoms. The molecule has 0 saturated carbocycles. The van der Waals surface area contributed by atoms with Crippen LogP contribution in [0.1, 0.15) is 47.1 Å². The zero-order valence-corrected chi connectivity index (χ0v) is 12.6. The molecule has 0 aliphatic rings. The van der Waals surface area contributed by atoms with Gasteiger partial charge in [-0.15, -0.1) is 11.3 Å². The number of hydrogen-bond acceptors (Lipinski definition) is 4. The highest BCUT2D eigenvalue weighted by molar-refractivity contribution is 7.11. The summed E-state index contributed by atoms with van der Waals surface area (Å²) in [5.74, 6) is -1.17. The number of nitrogens with one attached hydrogen (secondary N) is 1. The summed E-state index contributed by atoms with van der Waals surface area (Å²) < 4.78 is 0. The third kappa shape index (κ3) is 3.32.